The Hall–Kier alpha value is -1.63. The molecule has 12 atom stereocenters. The van der Waals surface area contributed by atoms with Crippen molar-refractivity contribution in [1.29, 1.82) is 0 Å². The number of aromatic amines is 1. The van der Waals surface area contributed by atoms with Crippen LogP contribution in [0.5, 0.6) is 0 Å². The summed E-state index contributed by atoms with van der Waals surface area (Å²) in [7, 11) is 0. The minimum Gasteiger partial charge on any atom is -0.386 e. The van der Waals surface area contributed by atoms with Crippen LogP contribution in [0.15, 0.2) is 41.5 Å². The van der Waals surface area contributed by atoms with Crippen LogP contribution in [-0.2, 0) is 21.3 Å². The first kappa shape index (κ1) is 27.7. The highest BCUT2D eigenvalue weighted by Crippen LogP contribution is 2.75. The van der Waals surface area contributed by atoms with Crippen LogP contribution in [0.2, 0.25) is 0 Å². The summed E-state index contributed by atoms with van der Waals surface area (Å²) in [5.74, 6) is 1.60. The van der Waals surface area contributed by atoms with Gasteiger partial charge in [-0.1, -0.05) is 32.6 Å². The third-order valence-electron chi connectivity index (χ3n) is 14.4. The predicted molar refractivity (Wildman–Crippen MR) is 168 cm³/mol. The summed E-state index contributed by atoms with van der Waals surface area (Å²) in [6.07, 6.45) is 6.42. The fourth-order valence-corrected chi connectivity index (χ4v) is 12.4. The highest BCUT2D eigenvalue weighted by atomic mass is 35.5. The number of rotatable bonds is 1. The fourth-order valence-electron chi connectivity index (χ4n) is 12.0. The van der Waals surface area contributed by atoms with Crippen LogP contribution in [0.3, 0.4) is 0 Å². The lowest BCUT2D eigenvalue weighted by Crippen LogP contribution is -2.68. The number of alkyl halides is 1. The van der Waals surface area contributed by atoms with Crippen molar-refractivity contribution in [2.75, 3.05) is 0 Å². The minimum absolute atomic E-state index is 0.0210. The molecule has 1 aromatic rings. The maximum Gasteiger partial charge on any atom is 0.108 e. The monoisotopic (exact) mass is 603 g/mol. The zero-order valence-corrected chi connectivity index (χ0v) is 27.0. The van der Waals surface area contributed by atoms with Crippen molar-refractivity contribution in [3.8, 4) is 0 Å². The molecule has 0 radical (unpaired) electrons. The Balaban J connectivity index is 1.25. The average molecular weight is 604 g/mol. The van der Waals surface area contributed by atoms with Crippen LogP contribution < -0.4 is 0 Å². The van der Waals surface area contributed by atoms with Crippen molar-refractivity contribution in [1.82, 2.24) is 4.98 Å². The number of hydrogen-bond acceptors (Lipinski definition) is 4. The van der Waals surface area contributed by atoms with Gasteiger partial charge in [0, 0.05) is 45.7 Å². The van der Waals surface area contributed by atoms with Crippen molar-refractivity contribution in [2.45, 2.75) is 126 Å². The lowest BCUT2D eigenvalue weighted by Gasteiger charge is -2.65. The largest absolute Gasteiger partial charge is 0.386 e. The van der Waals surface area contributed by atoms with Gasteiger partial charge < -0.3 is 24.7 Å². The number of fused-ring (bicyclic) bond motifs is 7. The Morgan fingerprint density at radius 3 is 2.65 bits per heavy atom. The summed E-state index contributed by atoms with van der Waals surface area (Å²) < 4.78 is 13.9. The number of aliphatic hydroxyl groups excluding tert-OH is 1. The van der Waals surface area contributed by atoms with E-state index in [1.165, 1.54) is 39.2 Å². The van der Waals surface area contributed by atoms with Gasteiger partial charge in [0.05, 0.1) is 28.8 Å². The maximum atomic E-state index is 13.0. The highest BCUT2D eigenvalue weighted by Gasteiger charge is 2.73. The molecular weight excluding hydrogens is 558 g/mol. The van der Waals surface area contributed by atoms with Gasteiger partial charge in [-0.25, -0.2) is 0 Å². The second-order valence-corrected chi connectivity index (χ2v) is 16.9. The van der Waals surface area contributed by atoms with Gasteiger partial charge in [0.15, 0.2) is 0 Å². The molecule has 12 unspecified atom stereocenters. The highest BCUT2D eigenvalue weighted by molar-refractivity contribution is 6.23. The van der Waals surface area contributed by atoms with Gasteiger partial charge in [-0.3, -0.25) is 0 Å². The second-order valence-electron chi connectivity index (χ2n) is 16.4. The average Bonchev–Trinajstić information content (AvgIpc) is 3.38. The third kappa shape index (κ3) is 2.97. The van der Waals surface area contributed by atoms with Crippen molar-refractivity contribution in [3.05, 3.63) is 64.0 Å². The lowest BCUT2D eigenvalue weighted by molar-refractivity contribution is -0.217. The Morgan fingerprint density at radius 1 is 1.14 bits per heavy atom. The summed E-state index contributed by atoms with van der Waals surface area (Å²) in [5, 5.41) is 24.1. The maximum absolute atomic E-state index is 13.0. The summed E-state index contributed by atoms with van der Waals surface area (Å²) >= 11 is 7.23. The van der Waals surface area contributed by atoms with Gasteiger partial charge in [0.25, 0.3) is 0 Å². The molecule has 0 amide bonds. The molecule has 3 N–H and O–H groups in total. The standard InChI is InChI=1S/C37H46ClNO4/c1-16(2)31-25(40)14-21-26(42-31)9-10-35(6)36(7)20(8-11-37(21,35)41)32-30-29-24(39-33(30)36)15-23(38)19-12-17(3)18-13-22(27(18)28(19)29)34(4,5)43-32/h14,18,20,22-23,25-27,31-32,39-41H,1,3,8-13,15H2,2,4-7H3. The molecule has 6 heteroatoms. The Bertz CT molecular complexity index is 1580. The molecule has 0 saturated heterocycles. The first-order valence-corrected chi connectivity index (χ1v) is 17.1. The van der Waals surface area contributed by atoms with Crippen LogP contribution in [0.1, 0.15) is 102 Å². The van der Waals surface area contributed by atoms with Crippen molar-refractivity contribution >= 4 is 17.2 Å². The lowest BCUT2D eigenvalue weighted by atomic mass is 9.42. The zero-order chi connectivity index (χ0) is 30.2. The number of H-pyrrole nitrogens is 1. The van der Waals surface area contributed by atoms with E-state index in [9.17, 15) is 10.2 Å². The third-order valence-corrected chi connectivity index (χ3v) is 14.9. The van der Waals surface area contributed by atoms with Gasteiger partial charge in [-0.05, 0) is 105 Å². The minimum atomic E-state index is -1.10. The fraction of sp³-hybridized carbons (Fsp3) is 0.676. The van der Waals surface area contributed by atoms with Gasteiger partial charge in [0.1, 0.15) is 12.2 Å². The Morgan fingerprint density at radius 2 is 1.91 bits per heavy atom. The number of halogens is 1. The second kappa shape index (κ2) is 8.20. The van der Waals surface area contributed by atoms with Crippen molar-refractivity contribution < 1.29 is 19.7 Å². The predicted octanol–water partition coefficient (Wildman–Crippen LogP) is 6.84. The van der Waals surface area contributed by atoms with E-state index in [-0.39, 0.29) is 34.5 Å². The van der Waals surface area contributed by atoms with Gasteiger partial charge in [-0.2, -0.15) is 0 Å². The summed E-state index contributed by atoms with van der Waals surface area (Å²) in [6, 6.07) is 0. The number of allylic oxidation sites excluding steroid dienone is 3. The van der Waals surface area contributed by atoms with E-state index < -0.39 is 23.2 Å². The molecule has 5 nitrogen and oxygen atoms in total. The molecule has 43 heavy (non-hydrogen) atoms. The molecule has 1 aromatic heterocycles. The van der Waals surface area contributed by atoms with Crippen LogP contribution in [0.25, 0.3) is 5.57 Å². The molecule has 0 aromatic carbocycles. The molecule has 3 saturated carbocycles. The van der Waals surface area contributed by atoms with E-state index >= 15 is 0 Å². The quantitative estimate of drug-likeness (QED) is 0.243. The van der Waals surface area contributed by atoms with Crippen molar-refractivity contribution in [2.24, 2.45) is 29.1 Å². The topological polar surface area (TPSA) is 74.7 Å². The van der Waals surface area contributed by atoms with Gasteiger partial charge in [0.2, 0.25) is 0 Å². The molecule has 0 spiro atoms. The molecule has 3 fully saturated rings. The van der Waals surface area contributed by atoms with Crippen LogP contribution >= 0.6 is 11.6 Å². The first-order chi connectivity index (χ1) is 20.2. The molecule has 6 aliphatic carbocycles. The molecule has 230 valence electrons. The van der Waals surface area contributed by atoms with E-state index in [1.54, 1.807) is 0 Å². The van der Waals surface area contributed by atoms with Crippen LogP contribution in [0, 0.1) is 29.1 Å². The summed E-state index contributed by atoms with van der Waals surface area (Å²) in [4.78, 5) is 4.03. The number of nitrogens with one attached hydrogen (secondary N) is 1. The number of ether oxygens (including phenoxy) is 2. The zero-order valence-electron chi connectivity index (χ0n) is 26.2. The summed E-state index contributed by atoms with van der Waals surface area (Å²) in [5.41, 5.74) is 9.01. The normalized spacial score (nSPS) is 49.9. The number of aromatic nitrogens is 1. The van der Waals surface area contributed by atoms with E-state index in [1.807, 2.05) is 13.0 Å². The van der Waals surface area contributed by atoms with Crippen molar-refractivity contribution in [3.63, 3.8) is 0 Å². The SMILES string of the molecule is C=C1CC2=C3c4c([nH]c5c4C(OC(C)(C)C4CC1C34)C1CCC3(O)C4=CC(O)C(C(=C)C)OC4CCC3(C)C51C)CC2Cl. The smallest absolute Gasteiger partial charge is 0.108 e. The first-order valence-electron chi connectivity index (χ1n) is 16.6. The van der Waals surface area contributed by atoms with E-state index in [4.69, 9.17) is 21.1 Å². The van der Waals surface area contributed by atoms with E-state index in [0.29, 0.717) is 24.2 Å². The molecule has 0 bridgehead atoms. The molecule has 9 rings (SSSR count). The van der Waals surface area contributed by atoms with E-state index in [0.717, 1.165) is 49.7 Å². The Kier molecular flexibility index (Phi) is 5.27. The Labute approximate surface area is 260 Å². The molecule has 3 heterocycles. The van der Waals surface area contributed by atoms with Gasteiger partial charge >= 0.3 is 0 Å². The number of aliphatic hydroxyl groups is 2. The van der Waals surface area contributed by atoms with Crippen LogP contribution in [-0.4, -0.2) is 50.1 Å². The van der Waals surface area contributed by atoms with Crippen LogP contribution in [0.4, 0.5) is 0 Å². The van der Waals surface area contributed by atoms with E-state index in [2.05, 4.69) is 45.8 Å². The summed E-state index contributed by atoms with van der Waals surface area (Å²) in [6.45, 7) is 19.9. The van der Waals surface area contributed by atoms with Gasteiger partial charge in [-0.15, -0.1) is 11.6 Å². The molecular formula is C37H46ClNO4. The molecule has 2 aliphatic heterocycles. The molecule has 8 aliphatic rings. The number of hydrogen-bond donors (Lipinski definition) is 3.